The molecule has 0 unspecified atom stereocenters. The van der Waals surface area contributed by atoms with Crippen LogP contribution in [0.3, 0.4) is 0 Å². The fourth-order valence-corrected chi connectivity index (χ4v) is 2.11. The van der Waals surface area contributed by atoms with Crippen molar-refractivity contribution in [3.63, 3.8) is 0 Å². The van der Waals surface area contributed by atoms with Gasteiger partial charge in [-0.05, 0) is 38.1 Å². The van der Waals surface area contributed by atoms with Crippen LogP contribution in [0.2, 0.25) is 0 Å². The Balaban J connectivity index is 2.17. The van der Waals surface area contributed by atoms with Crippen LogP contribution in [0.1, 0.15) is 18.4 Å². The van der Waals surface area contributed by atoms with Crippen molar-refractivity contribution in [1.82, 2.24) is 4.90 Å². The number of nitrogens with zero attached hydrogens (tertiary/aromatic N) is 1. The molecular weight excluding hydrogens is 188 g/mol. The van der Waals surface area contributed by atoms with E-state index in [1.54, 1.807) is 7.11 Å². The van der Waals surface area contributed by atoms with E-state index in [0.29, 0.717) is 0 Å². The molecule has 1 saturated heterocycles. The van der Waals surface area contributed by atoms with E-state index in [9.17, 15) is 0 Å². The molecule has 1 aromatic rings. The van der Waals surface area contributed by atoms with E-state index in [1.165, 1.54) is 25.9 Å². The average molecular weight is 206 g/mol. The first kappa shape index (κ1) is 10.3. The normalized spacial score (nSPS) is 16.9. The Labute approximate surface area is 90.8 Å². The minimum Gasteiger partial charge on any atom is -0.496 e. The molecule has 0 aliphatic carbocycles. The van der Waals surface area contributed by atoms with Gasteiger partial charge in [0.25, 0.3) is 0 Å². The first-order valence-corrected chi connectivity index (χ1v) is 5.45. The Bertz CT molecular complexity index is 332. The number of likely N-dealkylation sites (tertiary alicyclic amines) is 1. The summed E-state index contributed by atoms with van der Waals surface area (Å²) in [5.74, 6) is 0.905. The summed E-state index contributed by atoms with van der Waals surface area (Å²) in [6, 6.07) is 5.84. The standard InChI is InChI=1S/C12H18N2O/c1-15-12-6-4-5-11(13)10(12)9-14-7-2-3-8-14/h4-6H,2-3,7-9,13H2,1H3. The van der Waals surface area contributed by atoms with E-state index in [2.05, 4.69) is 4.90 Å². The van der Waals surface area contributed by atoms with Gasteiger partial charge in [0, 0.05) is 17.8 Å². The molecule has 3 heteroatoms. The number of rotatable bonds is 3. The SMILES string of the molecule is COc1cccc(N)c1CN1CCCC1. The highest BCUT2D eigenvalue weighted by molar-refractivity contribution is 5.54. The first-order valence-electron chi connectivity index (χ1n) is 5.45. The third kappa shape index (κ3) is 2.23. The zero-order valence-corrected chi connectivity index (χ0v) is 9.20. The minimum atomic E-state index is 0.834. The molecule has 15 heavy (non-hydrogen) atoms. The van der Waals surface area contributed by atoms with E-state index in [0.717, 1.165) is 23.5 Å². The molecule has 0 radical (unpaired) electrons. The van der Waals surface area contributed by atoms with Crippen molar-refractivity contribution in [2.45, 2.75) is 19.4 Å². The Hall–Kier alpha value is -1.22. The molecule has 0 amide bonds. The quantitative estimate of drug-likeness (QED) is 0.767. The van der Waals surface area contributed by atoms with Gasteiger partial charge in [-0.1, -0.05) is 6.07 Å². The van der Waals surface area contributed by atoms with Crippen molar-refractivity contribution in [2.75, 3.05) is 25.9 Å². The topological polar surface area (TPSA) is 38.5 Å². The Morgan fingerprint density at radius 1 is 1.33 bits per heavy atom. The van der Waals surface area contributed by atoms with Crippen molar-refractivity contribution >= 4 is 5.69 Å². The summed E-state index contributed by atoms with van der Waals surface area (Å²) in [4.78, 5) is 2.42. The third-order valence-electron chi connectivity index (χ3n) is 2.97. The summed E-state index contributed by atoms with van der Waals surface area (Å²) >= 11 is 0. The Morgan fingerprint density at radius 3 is 2.73 bits per heavy atom. The van der Waals surface area contributed by atoms with Crippen molar-refractivity contribution in [1.29, 1.82) is 0 Å². The predicted molar refractivity (Wildman–Crippen MR) is 61.9 cm³/mol. The predicted octanol–water partition coefficient (Wildman–Crippen LogP) is 1.87. The monoisotopic (exact) mass is 206 g/mol. The van der Waals surface area contributed by atoms with E-state index in [-0.39, 0.29) is 0 Å². The average Bonchev–Trinajstić information content (AvgIpc) is 2.74. The van der Waals surface area contributed by atoms with Crippen molar-refractivity contribution in [3.8, 4) is 5.75 Å². The van der Waals surface area contributed by atoms with Gasteiger partial charge in [-0.3, -0.25) is 4.90 Å². The number of methoxy groups -OCH3 is 1. The fraction of sp³-hybridized carbons (Fsp3) is 0.500. The molecular formula is C12H18N2O. The van der Waals surface area contributed by atoms with Gasteiger partial charge < -0.3 is 10.5 Å². The summed E-state index contributed by atoms with van der Waals surface area (Å²) in [6.45, 7) is 3.27. The smallest absolute Gasteiger partial charge is 0.125 e. The van der Waals surface area contributed by atoms with Gasteiger partial charge in [-0.2, -0.15) is 0 Å². The van der Waals surface area contributed by atoms with Crippen molar-refractivity contribution in [2.24, 2.45) is 0 Å². The first-order chi connectivity index (χ1) is 7.31. The Kier molecular flexibility index (Phi) is 3.11. The number of benzene rings is 1. The van der Waals surface area contributed by atoms with Crippen LogP contribution in [0.5, 0.6) is 5.75 Å². The van der Waals surface area contributed by atoms with Crippen LogP contribution < -0.4 is 10.5 Å². The lowest BCUT2D eigenvalue weighted by atomic mass is 10.1. The molecule has 0 bridgehead atoms. The van der Waals surface area contributed by atoms with Crippen LogP contribution >= 0.6 is 0 Å². The second-order valence-electron chi connectivity index (χ2n) is 4.01. The molecule has 2 rings (SSSR count). The van der Waals surface area contributed by atoms with Crippen LogP contribution in [0.25, 0.3) is 0 Å². The number of nitrogen functional groups attached to an aromatic ring is 1. The number of hydrogen-bond donors (Lipinski definition) is 1. The van der Waals surface area contributed by atoms with Crippen LogP contribution in [0.15, 0.2) is 18.2 Å². The van der Waals surface area contributed by atoms with Crippen LogP contribution in [-0.4, -0.2) is 25.1 Å². The van der Waals surface area contributed by atoms with E-state index < -0.39 is 0 Å². The molecule has 0 saturated carbocycles. The summed E-state index contributed by atoms with van der Waals surface area (Å²) in [6.07, 6.45) is 2.60. The second-order valence-corrected chi connectivity index (χ2v) is 4.01. The molecule has 1 fully saturated rings. The van der Waals surface area contributed by atoms with Crippen LogP contribution in [-0.2, 0) is 6.54 Å². The Morgan fingerprint density at radius 2 is 2.07 bits per heavy atom. The molecule has 0 spiro atoms. The maximum atomic E-state index is 5.97. The largest absolute Gasteiger partial charge is 0.496 e. The second kappa shape index (κ2) is 4.53. The highest BCUT2D eigenvalue weighted by atomic mass is 16.5. The zero-order valence-electron chi connectivity index (χ0n) is 9.20. The summed E-state index contributed by atoms with van der Waals surface area (Å²) in [7, 11) is 1.70. The van der Waals surface area contributed by atoms with Gasteiger partial charge in [0.1, 0.15) is 5.75 Å². The van der Waals surface area contributed by atoms with Gasteiger partial charge in [0.15, 0.2) is 0 Å². The molecule has 82 valence electrons. The molecule has 0 aromatic heterocycles. The number of ether oxygens (including phenoxy) is 1. The van der Waals surface area contributed by atoms with Crippen LogP contribution in [0.4, 0.5) is 5.69 Å². The lowest BCUT2D eigenvalue weighted by molar-refractivity contribution is 0.321. The summed E-state index contributed by atoms with van der Waals surface area (Å²) in [5, 5.41) is 0. The van der Waals surface area contributed by atoms with E-state index >= 15 is 0 Å². The van der Waals surface area contributed by atoms with Gasteiger partial charge in [-0.15, -0.1) is 0 Å². The molecule has 3 nitrogen and oxygen atoms in total. The molecule has 0 atom stereocenters. The molecule has 1 aliphatic rings. The summed E-state index contributed by atoms with van der Waals surface area (Å²) in [5.41, 5.74) is 7.93. The maximum absolute atomic E-state index is 5.97. The van der Waals surface area contributed by atoms with Gasteiger partial charge >= 0.3 is 0 Å². The maximum Gasteiger partial charge on any atom is 0.125 e. The number of nitrogens with two attached hydrogens (primary N) is 1. The molecule has 1 aliphatic heterocycles. The fourth-order valence-electron chi connectivity index (χ4n) is 2.11. The van der Waals surface area contributed by atoms with Gasteiger partial charge in [0.05, 0.1) is 7.11 Å². The summed E-state index contributed by atoms with van der Waals surface area (Å²) < 4.78 is 5.33. The van der Waals surface area contributed by atoms with Crippen molar-refractivity contribution in [3.05, 3.63) is 23.8 Å². The number of hydrogen-bond acceptors (Lipinski definition) is 3. The van der Waals surface area contributed by atoms with Gasteiger partial charge in [-0.25, -0.2) is 0 Å². The third-order valence-corrected chi connectivity index (χ3v) is 2.97. The molecule has 1 aromatic carbocycles. The van der Waals surface area contributed by atoms with E-state index in [1.807, 2.05) is 18.2 Å². The van der Waals surface area contributed by atoms with E-state index in [4.69, 9.17) is 10.5 Å². The lowest BCUT2D eigenvalue weighted by Crippen LogP contribution is -2.19. The van der Waals surface area contributed by atoms with Gasteiger partial charge in [0.2, 0.25) is 0 Å². The highest BCUT2D eigenvalue weighted by Gasteiger charge is 2.15. The van der Waals surface area contributed by atoms with Crippen molar-refractivity contribution < 1.29 is 4.74 Å². The lowest BCUT2D eigenvalue weighted by Gasteiger charge is -2.18. The molecule has 1 heterocycles. The number of anilines is 1. The van der Waals surface area contributed by atoms with Crippen LogP contribution in [0, 0.1) is 0 Å². The zero-order chi connectivity index (χ0) is 10.7. The highest BCUT2D eigenvalue weighted by Crippen LogP contribution is 2.26. The minimum absolute atomic E-state index is 0.834. The molecule has 2 N–H and O–H groups in total.